The molecule has 1 atom stereocenters. The number of ether oxygens (including phenoxy) is 1. The molecule has 0 radical (unpaired) electrons. The Morgan fingerprint density at radius 3 is 2.46 bits per heavy atom. The average molecular weight is 204 g/mol. The Morgan fingerprint density at radius 1 is 1.38 bits per heavy atom. The van der Waals surface area contributed by atoms with Gasteiger partial charge in [0.15, 0.2) is 0 Å². The van der Waals surface area contributed by atoms with E-state index in [2.05, 4.69) is 25.5 Å². The van der Waals surface area contributed by atoms with Gasteiger partial charge in [0.2, 0.25) is 0 Å². The Bertz CT molecular complexity index is 146. The van der Waals surface area contributed by atoms with Crippen molar-refractivity contribution in [1.82, 2.24) is 0 Å². The summed E-state index contributed by atoms with van der Waals surface area (Å²) in [6, 6.07) is 0. The molecule has 0 fully saturated rings. The fourth-order valence-corrected chi connectivity index (χ4v) is 2.15. The highest BCUT2D eigenvalue weighted by Crippen LogP contribution is 2.17. The third-order valence-corrected chi connectivity index (χ3v) is 2.99. The van der Waals surface area contributed by atoms with Crippen LogP contribution in [0.4, 0.5) is 0 Å². The zero-order valence-electron chi connectivity index (χ0n) is 9.00. The second-order valence-electron chi connectivity index (χ2n) is 3.64. The van der Waals surface area contributed by atoms with Gasteiger partial charge in [-0.25, -0.2) is 0 Å². The zero-order chi connectivity index (χ0) is 10.3. The van der Waals surface area contributed by atoms with Gasteiger partial charge in [0.05, 0.1) is 13.5 Å². The van der Waals surface area contributed by atoms with Gasteiger partial charge in [0, 0.05) is 5.25 Å². The van der Waals surface area contributed by atoms with Gasteiger partial charge in [-0.1, -0.05) is 20.8 Å². The molecule has 1 unspecified atom stereocenters. The highest BCUT2D eigenvalue weighted by Gasteiger charge is 2.09. The first-order chi connectivity index (χ1) is 6.06. The van der Waals surface area contributed by atoms with Crippen LogP contribution in [0.25, 0.3) is 0 Å². The van der Waals surface area contributed by atoms with E-state index in [0.29, 0.717) is 11.7 Å². The molecule has 0 bridgehead atoms. The molecule has 0 N–H and O–H groups in total. The summed E-state index contributed by atoms with van der Waals surface area (Å²) in [7, 11) is 1.44. The van der Waals surface area contributed by atoms with Crippen LogP contribution in [0.15, 0.2) is 0 Å². The average Bonchev–Trinajstić information content (AvgIpc) is 2.03. The Morgan fingerprint density at radius 2 is 2.00 bits per heavy atom. The quantitative estimate of drug-likeness (QED) is 0.622. The number of carbonyl (C=O) groups excluding carboxylic acids is 1. The lowest BCUT2D eigenvalue weighted by atomic mass is 10.2. The molecular formula is C10H20O2S. The lowest BCUT2D eigenvalue weighted by Crippen LogP contribution is -2.09. The molecule has 0 heterocycles. The third kappa shape index (κ3) is 8.16. The molecule has 78 valence electrons. The van der Waals surface area contributed by atoms with E-state index in [1.54, 1.807) is 0 Å². The highest BCUT2D eigenvalue weighted by molar-refractivity contribution is 7.99. The second kappa shape index (κ2) is 7.25. The molecule has 0 aliphatic carbocycles. The van der Waals surface area contributed by atoms with Gasteiger partial charge >= 0.3 is 5.97 Å². The van der Waals surface area contributed by atoms with Crippen molar-refractivity contribution >= 4 is 17.7 Å². The molecule has 2 nitrogen and oxygen atoms in total. The number of hydrogen-bond donors (Lipinski definition) is 0. The van der Waals surface area contributed by atoms with Crippen molar-refractivity contribution in [2.45, 2.75) is 38.9 Å². The molecular weight excluding hydrogens is 184 g/mol. The van der Waals surface area contributed by atoms with Gasteiger partial charge in [-0.2, -0.15) is 11.8 Å². The van der Waals surface area contributed by atoms with E-state index in [-0.39, 0.29) is 5.97 Å². The number of methoxy groups -OCH3 is 1. The van der Waals surface area contributed by atoms with E-state index in [9.17, 15) is 4.79 Å². The van der Waals surface area contributed by atoms with Crippen molar-refractivity contribution in [1.29, 1.82) is 0 Å². The minimum absolute atomic E-state index is 0.107. The third-order valence-electron chi connectivity index (χ3n) is 1.78. The summed E-state index contributed by atoms with van der Waals surface area (Å²) in [6.45, 7) is 6.50. The van der Waals surface area contributed by atoms with Crippen molar-refractivity contribution in [3.8, 4) is 0 Å². The fourth-order valence-electron chi connectivity index (χ4n) is 0.882. The molecule has 0 saturated carbocycles. The standard InChI is InChI=1S/C10H20O2S/c1-8(2)5-6-13-9(3)7-10(11)12-4/h8-9H,5-7H2,1-4H3. The van der Waals surface area contributed by atoms with E-state index < -0.39 is 0 Å². The van der Waals surface area contributed by atoms with Crippen molar-refractivity contribution in [2.24, 2.45) is 5.92 Å². The van der Waals surface area contributed by atoms with Crippen molar-refractivity contribution in [3.63, 3.8) is 0 Å². The van der Waals surface area contributed by atoms with Crippen LogP contribution in [-0.2, 0) is 9.53 Å². The summed E-state index contributed by atoms with van der Waals surface area (Å²) in [5.74, 6) is 1.78. The molecule has 0 aromatic heterocycles. The SMILES string of the molecule is COC(=O)CC(C)SCCC(C)C. The topological polar surface area (TPSA) is 26.3 Å². The number of rotatable bonds is 6. The van der Waals surface area contributed by atoms with Crippen LogP contribution in [0.2, 0.25) is 0 Å². The number of esters is 1. The van der Waals surface area contributed by atoms with Crippen LogP contribution < -0.4 is 0 Å². The van der Waals surface area contributed by atoms with Gasteiger partial charge in [-0.15, -0.1) is 0 Å². The van der Waals surface area contributed by atoms with E-state index in [1.807, 2.05) is 11.8 Å². The maximum atomic E-state index is 10.9. The predicted octanol–water partition coefficient (Wildman–Crippen LogP) is 2.72. The molecule has 0 saturated heterocycles. The van der Waals surface area contributed by atoms with Crippen molar-refractivity contribution in [3.05, 3.63) is 0 Å². The van der Waals surface area contributed by atoms with Crippen molar-refractivity contribution < 1.29 is 9.53 Å². The van der Waals surface area contributed by atoms with Gasteiger partial charge in [-0.05, 0) is 18.1 Å². The molecule has 0 amide bonds. The second-order valence-corrected chi connectivity index (χ2v) is 5.19. The minimum Gasteiger partial charge on any atom is -0.469 e. The molecule has 0 aromatic carbocycles. The maximum Gasteiger partial charge on any atom is 0.306 e. The van der Waals surface area contributed by atoms with E-state index >= 15 is 0 Å². The first kappa shape index (κ1) is 12.8. The number of thioether (sulfide) groups is 1. The molecule has 0 aliphatic heterocycles. The molecule has 0 aliphatic rings. The van der Waals surface area contributed by atoms with Crippen LogP contribution in [0, 0.1) is 5.92 Å². The molecule has 0 spiro atoms. The predicted molar refractivity (Wildman–Crippen MR) is 58.0 cm³/mol. The van der Waals surface area contributed by atoms with E-state index in [1.165, 1.54) is 13.5 Å². The molecule has 3 heteroatoms. The summed E-state index contributed by atoms with van der Waals surface area (Å²) >= 11 is 1.85. The van der Waals surface area contributed by atoms with Gasteiger partial charge < -0.3 is 4.74 Å². The summed E-state index contributed by atoms with van der Waals surface area (Å²) in [4.78, 5) is 10.9. The van der Waals surface area contributed by atoms with Crippen LogP contribution in [-0.4, -0.2) is 24.1 Å². The van der Waals surface area contributed by atoms with Gasteiger partial charge in [0.1, 0.15) is 0 Å². The fraction of sp³-hybridized carbons (Fsp3) is 0.900. The Hall–Kier alpha value is -0.180. The van der Waals surface area contributed by atoms with E-state index in [0.717, 1.165) is 11.7 Å². The lowest BCUT2D eigenvalue weighted by molar-refractivity contribution is -0.140. The summed E-state index contributed by atoms with van der Waals surface area (Å²) in [6.07, 6.45) is 1.75. The molecule has 0 aromatic rings. The lowest BCUT2D eigenvalue weighted by Gasteiger charge is -2.10. The number of carbonyl (C=O) groups is 1. The largest absolute Gasteiger partial charge is 0.469 e. The first-order valence-corrected chi connectivity index (χ1v) is 5.79. The smallest absolute Gasteiger partial charge is 0.306 e. The van der Waals surface area contributed by atoms with Crippen LogP contribution in [0.1, 0.15) is 33.6 Å². The minimum atomic E-state index is -0.107. The monoisotopic (exact) mass is 204 g/mol. The van der Waals surface area contributed by atoms with Crippen LogP contribution in [0.3, 0.4) is 0 Å². The van der Waals surface area contributed by atoms with Crippen molar-refractivity contribution in [2.75, 3.05) is 12.9 Å². The summed E-state index contributed by atoms with van der Waals surface area (Å²) in [5, 5.41) is 0.381. The zero-order valence-corrected chi connectivity index (χ0v) is 9.82. The number of hydrogen-bond acceptors (Lipinski definition) is 3. The summed E-state index contributed by atoms with van der Waals surface area (Å²) in [5.41, 5.74) is 0. The first-order valence-electron chi connectivity index (χ1n) is 4.74. The van der Waals surface area contributed by atoms with Crippen LogP contribution >= 0.6 is 11.8 Å². The Labute approximate surface area is 85.4 Å². The Kier molecular flexibility index (Phi) is 7.14. The summed E-state index contributed by atoms with van der Waals surface area (Å²) < 4.78 is 4.60. The maximum absolute atomic E-state index is 10.9. The Balaban J connectivity index is 3.40. The van der Waals surface area contributed by atoms with Gasteiger partial charge in [0.25, 0.3) is 0 Å². The van der Waals surface area contributed by atoms with Gasteiger partial charge in [-0.3, -0.25) is 4.79 Å². The molecule has 0 rings (SSSR count). The highest BCUT2D eigenvalue weighted by atomic mass is 32.2. The van der Waals surface area contributed by atoms with Crippen LogP contribution in [0.5, 0.6) is 0 Å². The van der Waals surface area contributed by atoms with E-state index in [4.69, 9.17) is 0 Å². The normalized spacial score (nSPS) is 13.0. The molecule has 13 heavy (non-hydrogen) atoms.